The Hall–Kier alpha value is -2.56. The summed E-state index contributed by atoms with van der Waals surface area (Å²) in [6.07, 6.45) is 1.44. The predicted octanol–water partition coefficient (Wildman–Crippen LogP) is 3.10. The van der Waals surface area contributed by atoms with Crippen molar-refractivity contribution in [3.8, 4) is 11.3 Å². The van der Waals surface area contributed by atoms with Crippen LogP contribution in [0.2, 0.25) is 0 Å². The number of fused-ring (bicyclic) bond motifs is 1. The van der Waals surface area contributed by atoms with Crippen LogP contribution in [0, 0.1) is 0 Å². The average molecular weight is 448 g/mol. The van der Waals surface area contributed by atoms with Gasteiger partial charge in [0.2, 0.25) is 10.0 Å². The summed E-state index contributed by atoms with van der Waals surface area (Å²) in [5.74, 6) is -2.77. The van der Waals surface area contributed by atoms with Crippen molar-refractivity contribution in [3.63, 3.8) is 0 Å². The van der Waals surface area contributed by atoms with Crippen molar-refractivity contribution in [2.24, 2.45) is 0 Å². The fraction of sp³-hybridized carbons (Fsp3) is 0.381. The van der Waals surface area contributed by atoms with Gasteiger partial charge in [-0.2, -0.15) is 4.31 Å². The van der Waals surface area contributed by atoms with E-state index in [0.29, 0.717) is 30.2 Å². The van der Waals surface area contributed by atoms with Gasteiger partial charge in [0.05, 0.1) is 41.4 Å². The predicted molar refractivity (Wildman–Crippen MR) is 113 cm³/mol. The molecule has 4 heterocycles. The zero-order chi connectivity index (χ0) is 21.6. The van der Waals surface area contributed by atoms with Crippen LogP contribution in [0.1, 0.15) is 6.42 Å². The van der Waals surface area contributed by atoms with Crippen molar-refractivity contribution < 1.29 is 21.9 Å². The largest absolute Gasteiger partial charge is 0.379 e. The van der Waals surface area contributed by atoms with Crippen LogP contribution in [0.15, 0.2) is 47.5 Å². The van der Waals surface area contributed by atoms with Crippen LogP contribution < -0.4 is 4.90 Å². The van der Waals surface area contributed by atoms with Crippen LogP contribution in [0.4, 0.5) is 14.5 Å². The van der Waals surface area contributed by atoms with Gasteiger partial charge in [-0.3, -0.25) is 4.98 Å². The molecule has 2 aliphatic heterocycles. The monoisotopic (exact) mass is 448 g/mol. The van der Waals surface area contributed by atoms with E-state index in [1.807, 2.05) is 12.1 Å². The molecular formula is C21H22F2N4O3S. The van der Waals surface area contributed by atoms with E-state index in [2.05, 4.69) is 9.97 Å². The molecule has 164 valence electrons. The number of nitrogens with one attached hydrogen (secondary N) is 1. The molecule has 1 aromatic carbocycles. The number of aromatic nitrogens is 2. The molecule has 10 heteroatoms. The van der Waals surface area contributed by atoms with Crippen molar-refractivity contribution in [2.75, 3.05) is 44.3 Å². The Bertz CT molecular complexity index is 1190. The van der Waals surface area contributed by atoms with E-state index in [1.54, 1.807) is 29.3 Å². The lowest BCUT2D eigenvalue weighted by atomic mass is 10.1. The molecule has 1 N–H and O–H groups in total. The minimum atomic E-state index is -3.73. The summed E-state index contributed by atoms with van der Waals surface area (Å²) < 4.78 is 60.9. The molecule has 2 aromatic heterocycles. The van der Waals surface area contributed by atoms with Crippen LogP contribution >= 0.6 is 0 Å². The molecular weight excluding hydrogens is 426 g/mol. The van der Waals surface area contributed by atoms with E-state index in [-0.39, 0.29) is 31.0 Å². The summed E-state index contributed by atoms with van der Waals surface area (Å²) in [5, 5.41) is 0. The molecule has 2 aliphatic rings. The molecule has 0 atom stereocenters. The fourth-order valence-electron chi connectivity index (χ4n) is 4.15. The molecule has 0 unspecified atom stereocenters. The number of hydrogen-bond donors (Lipinski definition) is 1. The summed E-state index contributed by atoms with van der Waals surface area (Å²) in [7, 11) is -3.73. The molecule has 5 rings (SSSR count). The summed E-state index contributed by atoms with van der Waals surface area (Å²) in [4.78, 5) is 9.31. The SMILES string of the molecule is O=S(=O)(c1ccc(N2CCC(F)(F)C2)c(-c2cc3ncccc3[nH]2)c1)N1CCOCC1. The Balaban J connectivity index is 1.62. The minimum Gasteiger partial charge on any atom is -0.379 e. The highest BCUT2D eigenvalue weighted by molar-refractivity contribution is 7.89. The van der Waals surface area contributed by atoms with E-state index in [1.165, 1.54) is 10.4 Å². The highest BCUT2D eigenvalue weighted by Gasteiger charge is 2.39. The first kappa shape index (κ1) is 20.3. The van der Waals surface area contributed by atoms with Crippen molar-refractivity contribution in [3.05, 3.63) is 42.6 Å². The summed E-state index contributed by atoms with van der Waals surface area (Å²) >= 11 is 0. The number of morpholine rings is 1. The number of rotatable bonds is 4. The number of hydrogen-bond acceptors (Lipinski definition) is 5. The second kappa shape index (κ2) is 7.54. The van der Waals surface area contributed by atoms with E-state index >= 15 is 0 Å². The van der Waals surface area contributed by atoms with Gasteiger partial charge < -0.3 is 14.6 Å². The maximum absolute atomic E-state index is 13.9. The number of nitrogens with zero attached hydrogens (tertiary/aromatic N) is 3. The normalized spacial score (nSPS) is 19.9. The van der Waals surface area contributed by atoms with Crippen molar-refractivity contribution in [1.82, 2.24) is 14.3 Å². The van der Waals surface area contributed by atoms with Crippen LogP contribution in [-0.4, -0.2) is 68.0 Å². The van der Waals surface area contributed by atoms with Crippen molar-refractivity contribution >= 4 is 26.7 Å². The number of halogens is 2. The Morgan fingerprint density at radius 3 is 2.61 bits per heavy atom. The first-order chi connectivity index (χ1) is 14.8. The summed E-state index contributed by atoms with van der Waals surface area (Å²) in [5.41, 5.74) is 3.28. The van der Waals surface area contributed by atoms with Gasteiger partial charge >= 0.3 is 0 Å². The number of alkyl halides is 2. The van der Waals surface area contributed by atoms with Gasteiger partial charge in [-0.05, 0) is 36.4 Å². The third-order valence-electron chi connectivity index (χ3n) is 5.77. The Morgan fingerprint density at radius 2 is 1.90 bits per heavy atom. The van der Waals surface area contributed by atoms with Crippen LogP contribution in [0.3, 0.4) is 0 Å². The zero-order valence-electron chi connectivity index (χ0n) is 16.7. The molecule has 2 fully saturated rings. The maximum atomic E-state index is 13.9. The topological polar surface area (TPSA) is 78.5 Å². The molecule has 0 saturated carbocycles. The maximum Gasteiger partial charge on any atom is 0.266 e. The molecule has 3 aromatic rings. The summed E-state index contributed by atoms with van der Waals surface area (Å²) in [6, 6.07) is 10.2. The number of ether oxygens (including phenoxy) is 1. The van der Waals surface area contributed by atoms with Gasteiger partial charge in [0.25, 0.3) is 5.92 Å². The van der Waals surface area contributed by atoms with Gasteiger partial charge in [0.1, 0.15) is 0 Å². The quantitative estimate of drug-likeness (QED) is 0.664. The zero-order valence-corrected chi connectivity index (χ0v) is 17.5. The highest BCUT2D eigenvalue weighted by Crippen LogP contribution is 2.39. The number of aromatic amines is 1. The number of sulfonamides is 1. The lowest BCUT2D eigenvalue weighted by molar-refractivity contribution is 0.0257. The van der Waals surface area contributed by atoms with Gasteiger partial charge in [0, 0.05) is 43.5 Å². The Morgan fingerprint density at radius 1 is 1.10 bits per heavy atom. The second-order valence-corrected chi connectivity index (χ2v) is 9.78. The smallest absolute Gasteiger partial charge is 0.266 e. The Labute approximate surface area is 178 Å². The van der Waals surface area contributed by atoms with E-state index < -0.39 is 22.5 Å². The molecule has 7 nitrogen and oxygen atoms in total. The third kappa shape index (κ3) is 3.79. The molecule has 0 aliphatic carbocycles. The number of anilines is 1. The molecule has 0 bridgehead atoms. The van der Waals surface area contributed by atoms with Gasteiger partial charge in [-0.1, -0.05) is 0 Å². The van der Waals surface area contributed by atoms with Gasteiger partial charge in [-0.25, -0.2) is 17.2 Å². The molecule has 2 saturated heterocycles. The van der Waals surface area contributed by atoms with Gasteiger partial charge in [-0.15, -0.1) is 0 Å². The first-order valence-corrected chi connectivity index (χ1v) is 11.6. The van der Waals surface area contributed by atoms with Crippen LogP contribution in [-0.2, 0) is 14.8 Å². The second-order valence-electron chi connectivity index (χ2n) is 7.84. The fourth-order valence-corrected chi connectivity index (χ4v) is 5.58. The van der Waals surface area contributed by atoms with Crippen LogP contribution in [0.25, 0.3) is 22.3 Å². The van der Waals surface area contributed by atoms with Crippen molar-refractivity contribution in [2.45, 2.75) is 17.2 Å². The van der Waals surface area contributed by atoms with E-state index in [9.17, 15) is 17.2 Å². The van der Waals surface area contributed by atoms with Gasteiger partial charge in [0.15, 0.2) is 0 Å². The molecule has 0 amide bonds. The number of H-pyrrole nitrogens is 1. The minimum absolute atomic E-state index is 0.130. The number of pyridine rings is 1. The van der Waals surface area contributed by atoms with Crippen LogP contribution in [0.5, 0.6) is 0 Å². The standard InChI is InChI=1S/C21H22F2N4O3S/c22-21(23)5-7-26(14-21)20-4-3-15(31(28,29)27-8-10-30-11-9-27)12-16(20)18-13-19-17(25-18)2-1-6-24-19/h1-4,6,12-13,25H,5,7-11,14H2. The lowest BCUT2D eigenvalue weighted by Gasteiger charge is -2.27. The Kier molecular flexibility index (Phi) is 4.95. The average Bonchev–Trinajstić information content (AvgIpc) is 3.36. The van der Waals surface area contributed by atoms with Crippen molar-refractivity contribution in [1.29, 1.82) is 0 Å². The highest BCUT2D eigenvalue weighted by atomic mass is 32.2. The van der Waals surface area contributed by atoms with E-state index in [0.717, 1.165) is 11.0 Å². The molecule has 0 spiro atoms. The summed E-state index contributed by atoms with van der Waals surface area (Å²) in [6.45, 7) is 1.08. The molecule has 0 radical (unpaired) electrons. The number of benzene rings is 1. The lowest BCUT2D eigenvalue weighted by Crippen LogP contribution is -2.40. The third-order valence-corrected chi connectivity index (χ3v) is 7.66. The van der Waals surface area contributed by atoms with E-state index in [4.69, 9.17) is 4.74 Å². The molecule has 31 heavy (non-hydrogen) atoms. The first-order valence-electron chi connectivity index (χ1n) is 10.1.